The molecular weight excluding hydrogens is 206 g/mol. The maximum absolute atomic E-state index is 11.1. The first-order valence-corrected chi connectivity index (χ1v) is 4.71. The third-order valence-electron chi connectivity index (χ3n) is 2.09. The van der Waals surface area contributed by atoms with Gasteiger partial charge in [-0.25, -0.2) is 4.79 Å². The molecule has 0 aliphatic carbocycles. The van der Waals surface area contributed by atoms with Crippen LogP contribution in [0.3, 0.4) is 0 Å². The molecule has 16 heavy (non-hydrogen) atoms. The molecule has 4 nitrogen and oxygen atoms in total. The molecule has 84 valence electrons. The molecule has 0 aromatic heterocycles. The van der Waals surface area contributed by atoms with E-state index in [1.807, 2.05) is 0 Å². The van der Waals surface area contributed by atoms with E-state index in [0.29, 0.717) is 16.8 Å². The van der Waals surface area contributed by atoms with Gasteiger partial charge in [-0.3, -0.25) is 4.79 Å². The number of Topliss-reactive ketones (excluding diaryl/α,β-unsaturated/α-hetero) is 1. The number of carbonyl (C=O) groups excluding carboxylic acids is 2. The van der Waals surface area contributed by atoms with Gasteiger partial charge in [-0.05, 0) is 36.8 Å². The Morgan fingerprint density at radius 2 is 2.06 bits per heavy atom. The smallest absolute Gasteiger partial charge is 0.330 e. The van der Waals surface area contributed by atoms with E-state index in [9.17, 15) is 9.59 Å². The molecule has 0 saturated heterocycles. The molecule has 0 aliphatic rings. The van der Waals surface area contributed by atoms with Crippen molar-refractivity contribution in [2.24, 2.45) is 0 Å². The Kier molecular flexibility index (Phi) is 3.83. The molecule has 0 bridgehead atoms. The lowest BCUT2D eigenvalue weighted by atomic mass is 10.1. The van der Waals surface area contributed by atoms with E-state index >= 15 is 0 Å². The normalized spacial score (nSPS) is 10.4. The summed E-state index contributed by atoms with van der Waals surface area (Å²) in [5, 5.41) is 0. The summed E-state index contributed by atoms with van der Waals surface area (Å²) in [6.07, 6.45) is 2.78. The topological polar surface area (TPSA) is 69.4 Å². The molecule has 0 radical (unpaired) electrons. The van der Waals surface area contributed by atoms with Gasteiger partial charge in [-0.15, -0.1) is 0 Å². The zero-order chi connectivity index (χ0) is 12.1. The number of benzene rings is 1. The van der Waals surface area contributed by atoms with E-state index in [2.05, 4.69) is 4.74 Å². The van der Waals surface area contributed by atoms with Crippen molar-refractivity contribution in [3.05, 3.63) is 35.4 Å². The van der Waals surface area contributed by atoms with Crippen LogP contribution in [0, 0.1) is 0 Å². The van der Waals surface area contributed by atoms with E-state index in [1.54, 1.807) is 18.2 Å². The third-order valence-corrected chi connectivity index (χ3v) is 2.09. The zero-order valence-corrected chi connectivity index (χ0v) is 9.19. The lowest BCUT2D eigenvalue weighted by Gasteiger charge is -2.02. The molecule has 1 rings (SSSR count). The molecule has 4 heteroatoms. The lowest BCUT2D eigenvalue weighted by Crippen LogP contribution is -1.97. The van der Waals surface area contributed by atoms with Crippen LogP contribution in [0.5, 0.6) is 0 Å². The Bertz CT molecular complexity index is 450. The average Bonchev–Trinajstić information content (AvgIpc) is 2.27. The second-order valence-corrected chi connectivity index (χ2v) is 3.26. The summed E-state index contributed by atoms with van der Waals surface area (Å²) in [6, 6.07) is 4.91. The van der Waals surface area contributed by atoms with Gasteiger partial charge < -0.3 is 10.5 Å². The van der Waals surface area contributed by atoms with Crippen molar-refractivity contribution in [3.8, 4) is 0 Å². The quantitative estimate of drug-likeness (QED) is 0.363. The van der Waals surface area contributed by atoms with Crippen molar-refractivity contribution in [2.45, 2.75) is 6.92 Å². The number of esters is 1. The fraction of sp³-hybridized carbons (Fsp3) is 0.167. The van der Waals surface area contributed by atoms with Crippen LogP contribution >= 0.6 is 0 Å². The Morgan fingerprint density at radius 1 is 1.38 bits per heavy atom. The second-order valence-electron chi connectivity index (χ2n) is 3.26. The van der Waals surface area contributed by atoms with Crippen molar-refractivity contribution in [1.29, 1.82) is 0 Å². The standard InChI is InChI=1S/C12H13NO3/c1-8(14)9-3-5-11(13)10(7-9)4-6-12(15)16-2/h3-7H,13H2,1-2H3/b6-4+. The molecule has 0 unspecified atom stereocenters. The minimum absolute atomic E-state index is 0.0484. The molecule has 0 saturated carbocycles. The van der Waals surface area contributed by atoms with Crippen molar-refractivity contribution in [3.63, 3.8) is 0 Å². The van der Waals surface area contributed by atoms with Crippen LogP contribution in [0.25, 0.3) is 6.08 Å². The Balaban J connectivity index is 3.03. The average molecular weight is 219 g/mol. The van der Waals surface area contributed by atoms with Crippen molar-refractivity contribution >= 4 is 23.5 Å². The summed E-state index contributed by atoms with van der Waals surface area (Å²) in [4.78, 5) is 22.0. The van der Waals surface area contributed by atoms with Crippen LogP contribution in [0.1, 0.15) is 22.8 Å². The number of rotatable bonds is 3. The lowest BCUT2D eigenvalue weighted by molar-refractivity contribution is -0.134. The van der Waals surface area contributed by atoms with E-state index in [-0.39, 0.29) is 5.78 Å². The van der Waals surface area contributed by atoms with Gasteiger partial charge in [0.05, 0.1) is 7.11 Å². The second kappa shape index (κ2) is 5.11. The summed E-state index contributed by atoms with van der Waals surface area (Å²) in [6.45, 7) is 1.47. The number of nitrogen functional groups attached to an aromatic ring is 1. The Hall–Kier alpha value is -2.10. The van der Waals surface area contributed by atoms with Gasteiger partial charge in [-0.1, -0.05) is 0 Å². The van der Waals surface area contributed by atoms with Crippen LogP contribution in [-0.4, -0.2) is 18.9 Å². The maximum atomic E-state index is 11.1. The number of anilines is 1. The van der Waals surface area contributed by atoms with E-state index in [4.69, 9.17) is 5.73 Å². The number of nitrogens with two attached hydrogens (primary N) is 1. The van der Waals surface area contributed by atoms with Gasteiger partial charge in [-0.2, -0.15) is 0 Å². The fourth-order valence-corrected chi connectivity index (χ4v) is 1.16. The van der Waals surface area contributed by atoms with Crippen LogP contribution in [0.15, 0.2) is 24.3 Å². The SMILES string of the molecule is COC(=O)/C=C/c1cc(C(C)=O)ccc1N. The highest BCUT2D eigenvalue weighted by molar-refractivity contribution is 5.96. The largest absolute Gasteiger partial charge is 0.466 e. The maximum Gasteiger partial charge on any atom is 0.330 e. The van der Waals surface area contributed by atoms with Gasteiger partial charge in [0.15, 0.2) is 5.78 Å². The van der Waals surface area contributed by atoms with Crippen LogP contribution < -0.4 is 5.73 Å². The molecule has 0 amide bonds. The van der Waals surface area contributed by atoms with E-state index in [0.717, 1.165) is 0 Å². The molecule has 1 aromatic carbocycles. The molecule has 0 spiro atoms. The molecule has 0 atom stereocenters. The number of methoxy groups -OCH3 is 1. The van der Waals surface area contributed by atoms with Crippen molar-refractivity contribution < 1.29 is 14.3 Å². The van der Waals surface area contributed by atoms with Gasteiger partial charge >= 0.3 is 5.97 Å². The molecule has 0 aliphatic heterocycles. The first-order chi connectivity index (χ1) is 7.54. The number of hydrogen-bond donors (Lipinski definition) is 1. The zero-order valence-electron chi connectivity index (χ0n) is 9.19. The third kappa shape index (κ3) is 2.95. The van der Waals surface area contributed by atoms with Gasteiger partial charge in [0, 0.05) is 17.3 Å². The summed E-state index contributed by atoms with van der Waals surface area (Å²) >= 11 is 0. The number of hydrogen-bond acceptors (Lipinski definition) is 4. The molecule has 2 N–H and O–H groups in total. The minimum atomic E-state index is -0.465. The predicted octanol–water partition coefficient (Wildman–Crippen LogP) is 1.66. The first kappa shape index (κ1) is 12.0. The highest BCUT2D eigenvalue weighted by Crippen LogP contribution is 2.16. The Labute approximate surface area is 93.7 Å². The highest BCUT2D eigenvalue weighted by atomic mass is 16.5. The summed E-state index contributed by atoms with van der Waals surface area (Å²) in [5.41, 5.74) is 7.38. The number of carbonyl (C=O) groups is 2. The Morgan fingerprint density at radius 3 is 2.62 bits per heavy atom. The van der Waals surface area contributed by atoms with E-state index < -0.39 is 5.97 Å². The fourth-order valence-electron chi connectivity index (χ4n) is 1.16. The van der Waals surface area contributed by atoms with Crippen LogP contribution in [0.4, 0.5) is 5.69 Å². The first-order valence-electron chi connectivity index (χ1n) is 4.71. The molecule has 0 heterocycles. The van der Waals surface area contributed by atoms with Crippen LogP contribution in [0.2, 0.25) is 0 Å². The molecule has 0 fully saturated rings. The predicted molar refractivity (Wildman–Crippen MR) is 61.9 cm³/mol. The van der Waals surface area contributed by atoms with Crippen molar-refractivity contribution in [1.82, 2.24) is 0 Å². The summed E-state index contributed by atoms with van der Waals surface area (Å²) in [7, 11) is 1.29. The van der Waals surface area contributed by atoms with Gasteiger partial charge in [0.2, 0.25) is 0 Å². The highest BCUT2D eigenvalue weighted by Gasteiger charge is 2.02. The minimum Gasteiger partial charge on any atom is -0.466 e. The summed E-state index contributed by atoms with van der Waals surface area (Å²) < 4.78 is 4.46. The summed E-state index contributed by atoms with van der Waals surface area (Å²) in [5.74, 6) is -0.514. The monoisotopic (exact) mass is 219 g/mol. The van der Waals surface area contributed by atoms with Gasteiger partial charge in [0.1, 0.15) is 0 Å². The number of ether oxygens (including phenoxy) is 1. The van der Waals surface area contributed by atoms with E-state index in [1.165, 1.54) is 26.2 Å². The van der Waals surface area contributed by atoms with Crippen LogP contribution in [-0.2, 0) is 9.53 Å². The van der Waals surface area contributed by atoms with Gasteiger partial charge in [0.25, 0.3) is 0 Å². The molecule has 1 aromatic rings. The number of ketones is 1. The molecular formula is C12H13NO3. The van der Waals surface area contributed by atoms with Crippen molar-refractivity contribution in [2.75, 3.05) is 12.8 Å².